The van der Waals surface area contributed by atoms with Gasteiger partial charge in [0.15, 0.2) is 11.6 Å². The van der Waals surface area contributed by atoms with E-state index < -0.39 is 11.1 Å². The maximum atomic E-state index is 11.9. The topological polar surface area (TPSA) is 86.2 Å². The van der Waals surface area contributed by atoms with Crippen molar-refractivity contribution in [2.45, 2.75) is 88.1 Å². The minimum atomic E-state index is -0.851. The molecule has 0 saturated heterocycles. The van der Waals surface area contributed by atoms with E-state index in [1.165, 1.54) is 36.8 Å². The molecule has 33 heteroatoms. The highest BCUT2D eigenvalue weighted by Crippen LogP contribution is 2.37. The van der Waals surface area contributed by atoms with Crippen LogP contribution in [0.1, 0.15) is 93.7 Å². The molecule has 0 unspecified atom stereocenters. The molecule has 4 N–H and O–H groups in total. The van der Waals surface area contributed by atoms with Gasteiger partial charge in [0, 0.05) is 147 Å². The lowest BCUT2D eigenvalue weighted by Crippen LogP contribution is -2.47. The van der Waals surface area contributed by atoms with Crippen LogP contribution in [0.5, 0.6) is 0 Å². The Morgan fingerprint density at radius 1 is 0.362 bits per heavy atom. The molecule has 0 aliphatic heterocycles. The Hall–Kier alpha value is -4.29. The van der Waals surface area contributed by atoms with E-state index in [0.717, 1.165) is 41.8 Å². The SMILES string of the molecule is Clc1ccccc1C1=CCCCC1.FF.FF.FF.FF.FF.FF.FF.FF.FF.FF.FF.FF.FF.N[C@@]1(c2ccccc2Cl)CCCCC1=O.N[C@]1(c2ccccc2Cl)CCCCC1=O. The molecular weight excluding hydrogens is 1090 g/mol. The lowest BCUT2D eigenvalue weighted by Gasteiger charge is -2.32. The molecule has 0 amide bonds. The monoisotopic (exact) mass is 1130 g/mol. The van der Waals surface area contributed by atoms with E-state index in [0.29, 0.717) is 35.7 Å². The van der Waals surface area contributed by atoms with Crippen molar-refractivity contribution >= 4 is 51.9 Å². The summed E-state index contributed by atoms with van der Waals surface area (Å²) in [5.74, 6) is 0.226. The fourth-order valence-corrected chi connectivity index (χ4v) is 6.99. The summed E-state index contributed by atoms with van der Waals surface area (Å²) in [6.45, 7) is 0. The maximum Gasteiger partial charge on any atom is 0.157 e. The van der Waals surface area contributed by atoms with Crippen molar-refractivity contribution in [1.29, 1.82) is 0 Å². The zero-order valence-electron chi connectivity index (χ0n) is 34.4. The van der Waals surface area contributed by atoms with Crippen molar-refractivity contribution in [3.63, 3.8) is 0 Å². The molecule has 2 fully saturated rings. The molecule has 0 bridgehead atoms. The highest BCUT2D eigenvalue weighted by Gasteiger charge is 2.39. The van der Waals surface area contributed by atoms with Gasteiger partial charge in [-0.25, -0.2) is 0 Å². The van der Waals surface area contributed by atoms with Crippen LogP contribution in [0.25, 0.3) is 5.57 Å². The van der Waals surface area contributed by atoms with E-state index in [2.05, 4.69) is 18.2 Å². The number of hydrogen-bond acceptors (Lipinski definition) is 4. The number of benzene rings is 3. The molecule has 0 radical (unpaired) electrons. The second-order valence-corrected chi connectivity index (χ2v) is 12.8. The predicted molar refractivity (Wildman–Crippen MR) is 208 cm³/mol. The van der Waals surface area contributed by atoms with Crippen molar-refractivity contribution in [2.24, 2.45) is 11.5 Å². The summed E-state index contributed by atoms with van der Waals surface area (Å²) < 4.78 is 208. The third kappa shape index (κ3) is 37.2. The minimum absolute atomic E-state index is 0.113. The molecular formula is C36H41Cl3F26N2O2. The number of nitrogens with two attached hydrogens (primary N) is 2. The molecule has 0 heterocycles. The van der Waals surface area contributed by atoms with E-state index in [1.807, 2.05) is 48.5 Å². The Kier molecular flexibility index (Phi) is 89.4. The Labute approximate surface area is 390 Å². The number of carbonyl (C=O) groups excluding carboxylic acids is 2. The number of allylic oxidation sites excluding steroid dienone is 2. The Morgan fingerprint density at radius 3 is 0.899 bits per heavy atom. The van der Waals surface area contributed by atoms with Gasteiger partial charge in [0.25, 0.3) is 0 Å². The maximum absolute atomic E-state index is 11.9. The number of ketones is 2. The van der Waals surface area contributed by atoms with Gasteiger partial charge in [-0.1, -0.05) is 108 Å². The quantitative estimate of drug-likeness (QED) is 0.256. The van der Waals surface area contributed by atoms with Gasteiger partial charge in [-0.15, -0.1) is 0 Å². The van der Waals surface area contributed by atoms with Crippen LogP contribution in [0, 0.1) is 0 Å². The molecule has 3 aromatic rings. The second-order valence-electron chi connectivity index (χ2n) is 11.6. The van der Waals surface area contributed by atoms with Crippen molar-refractivity contribution in [3.8, 4) is 0 Å². The van der Waals surface area contributed by atoms with E-state index in [-0.39, 0.29) is 11.6 Å². The number of Topliss-reactive ketones (excluding diaryl/α,β-unsaturated/α-hetero) is 2. The molecule has 410 valence electrons. The first-order valence-electron chi connectivity index (χ1n) is 17.1. The zero-order valence-corrected chi connectivity index (χ0v) is 36.7. The summed E-state index contributed by atoms with van der Waals surface area (Å²) in [5, 5.41) is 2.07. The molecule has 3 aromatic carbocycles. The largest absolute Gasteiger partial charge is 0.315 e. The third-order valence-electron chi connectivity index (χ3n) is 8.66. The van der Waals surface area contributed by atoms with Gasteiger partial charge in [0.05, 0.1) is 0 Å². The van der Waals surface area contributed by atoms with Gasteiger partial charge in [-0.3, -0.25) is 9.59 Å². The Bertz CT molecular complexity index is 1450. The average Bonchev–Trinajstić information content (AvgIpc) is 3.46. The average molecular weight is 1130 g/mol. The standard InChI is InChI=1S/2C12H14ClNO.C12H13Cl.13F2/c2*13-10-6-2-1-5-9(10)12(14)8-4-3-7-11(12)15;13-12-9-5-4-8-11(12)10-6-2-1-3-7-10;13*1-2/h2*1-2,5-6H,3-4,7-8,14H2;4-6,8-9H,1-3,7H2;;;;;;;;;;;;;/t2*12-;;;;;;;;;;;;;;/m10............../s1. The summed E-state index contributed by atoms with van der Waals surface area (Å²) in [4.78, 5) is 23.8. The summed E-state index contributed by atoms with van der Waals surface area (Å²) in [6.07, 6.45) is 13.8. The lowest BCUT2D eigenvalue weighted by molar-refractivity contribution is -0.127. The number of carbonyl (C=O) groups is 2. The minimum Gasteiger partial charge on any atom is -0.315 e. The third-order valence-corrected chi connectivity index (χ3v) is 9.65. The van der Waals surface area contributed by atoms with Crippen molar-refractivity contribution in [3.05, 3.63) is 111 Å². The predicted octanol–water partition coefficient (Wildman–Crippen LogP) is 20.5. The van der Waals surface area contributed by atoms with Crippen LogP contribution in [0.3, 0.4) is 0 Å². The first-order chi connectivity index (χ1) is 33.7. The van der Waals surface area contributed by atoms with Gasteiger partial charge in [0.2, 0.25) is 0 Å². The highest BCUT2D eigenvalue weighted by molar-refractivity contribution is 6.32. The summed E-state index contributed by atoms with van der Waals surface area (Å²) >= 11 is 18.3. The highest BCUT2D eigenvalue weighted by atomic mass is 35.5. The van der Waals surface area contributed by atoms with E-state index in [4.69, 9.17) is 165 Å². The first-order valence-corrected chi connectivity index (χ1v) is 18.2. The zero-order chi connectivity index (χ0) is 56.9. The van der Waals surface area contributed by atoms with Crippen LogP contribution in [-0.2, 0) is 20.7 Å². The number of halogens is 29. The van der Waals surface area contributed by atoms with E-state index in [9.17, 15) is 9.59 Å². The molecule has 0 aromatic heterocycles. The van der Waals surface area contributed by atoms with E-state index in [1.54, 1.807) is 12.1 Å². The molecule has 3 aliphatic carbocycles. The van der Waals surface area contributed by atoms with Crippen molar-refractivity contribution < 1.29 is 129 Å². The Morgan fingerprint density at radius 2 is 0.638 bits per heavy atom. The molecule has 2 saturated carbocycles. The Balaban J connectivity index is -0.0000000765. The molecule has 2 atom stereocenters. The van der Waals surface area contributed by atoms with Gasteiger partial charge in [-0.05, 0) is 91.8 Å². The lowest BCUT2D eigenvalue weighted by atomic mass is 9.76. The van der Waals surface area contributed by atoms with Crippen LogP contribution in [0.2, 0.25) is 15.1 Å². The summed E-state index contributed by atoms with van der Waals surface area (Å²) in [6, 6.07) is 22.8. The second kappa shape index (κ2) is 70.3. The van der Waals surface area contributed by atoms with Crippen LogP contribution < -0.4 is 11.5 Å². The van der Waals surface area contributed by atoms with Gasteiger partial charge >= 0.3 is 0 Å². The van der Waals surface area contributed by atoms with Gasteiger partial charge in [0.1, 0.15) is 11.1 Å². The summed E-state index contributed by atoms with van der Waals surface area (Å²) in [7, 11) is 0. The molecule has 6 rings (SSSR count). The van der Waals surface area contributed by atoms with Crippen LogP contribution >= 0.6 is 34.8 Å². The first kappa shape index (κ1) is 87.8. The fourth-order valence-electron chi connectivity index (χ4n) is 6.12. The van der Waals surface area contributed by atoms with Crippen molar-refractivity contribution in [1.82, 2.24) is 0 Å². The number of rotatable bonds is 3. The van der Waals surface area contributed by atoms with Crippen LogP contribution in [-0.4, -0.2) is 11.6 Å². The number of hydrogen-bond donors (Lipinski definition) is 2. The van der Waals surface area contributed by atoms with Crippen LogP contribution in [0.15, 0.2) is 78.9 Å². The molecule has 0 spiro atoms. The van der Waals surface area contributed by atoms with Gasteiger partial charge in [-0.2, -0.15) is 0 Å². The fraction of sp³-hybridized carbons (Fsp3) is 0.389. The normalized spacial score (nSPS) is 15.9. The molecule has 4 nitrogen and oxygen atoms in total. The van der Waals surface area contributed by atoms with Crippen LogP contribution in [0.4, 0.5) is 119 Å². The summed E-state index contributed by atoms with van der Waals surface area (Å²) in [5.41, 5.74) is 14.9. The van der Waals surface area contributed by atoms with Gasteiger partial charge < -0.3 is 11.5 Å². The molecule has 69 heavy (non-hydrogen) atoms. The molecule has 3 aliphatic rings. The van der Waals surface area contributed by atoms with E-state index >= 15 is 0 Å². The van der Waals surface area contributed by atoms with Crippen molar-refractivity contribution in [2.75, 3.05) is 0 Å². The smallest absolute Gasteiger partial charge is 0.157 e.